The third-order valence-electron chi connectivity index (χ3n) is 4.47. The van der Waals surface area contributed by atoms with Gasteiger partial charge in [0, 0.05) is 36.4 Å². The molecule has 134 valence electrons. The Balaban J connectivity index is 1.82. The largest absolute Gasteiger partial charge is 0.366 e. The lowest BCUT2D eigenvalue weighted by atomic mass is 10.1. The van der Waals surface area contributed by atoms with E-state index < -0.39 is 10.0 Å². The summed E-state index contributed by atoms with van der Waals surface area (Å²) in [5, 5.41) is 0.548. The molecule has 0 radical (unpaired) electrons. The Labute approximate surface area is 159 Å². The summed E-state index contributed by atoms with van der Waals surface area (Å²) in [4.78, 5) is 2.29. The molecule has 1 aliphatic heterocycles. The number of rotatable bonds is 3. The molecule has 3 rings (SSSR count). The quantitative estimate of drug-likeness (QED) is 0.777. The average Bonchev–Trinajstić information content (AvgIpc) is 2.58. The Morgan fingerprint density at radius 1 is 1.04 bits per heavy atom. The minimum absolute atomic E-state index is 0.0594. The summed E-state index contributed by atoms with van der Waals surface area (Å²) < 4.78 is 27.4. The summed E-state index contributed by atoms with van der Waals surface area (Å²) in [5.74, 6) is 0. The summed E-state index contributed by atoms with van der Waals surface area (Å²) in [7, 11) is -3.67. The van der Waals surface area contributed by atoms with Crippen LogP contribution in [0.15, 0.2) is 47.4 Å². The first-order valence-corrected chi connectivity index (χ1v) is 10.3. The molecule has 0 spiro atoms. The van der Waals surface area contributed by atoms with Crippen LogP contribution >= 0.6 is 23.2 Å². The predicted octanol–water partition coefficient (Wildman–Crippen LogP) is 4.20. The van der Waals surface area contributed by atoms with Crippen LogP contribution in [0.3, 0.4) is 0 Å². The van der Waals surface area contributed by atoms with Gasteiger partial charge in [0.1, 0.15) is 4.90 Å². The van der Waals surface area contributed by atoms with Crippen LogP contribution in [0.4, 0.5) is 5.69 Å². The van der Waals surface area contributed by atoms with Crippen molar-refractivity contribution in [1.29, 1.82) is 0 Å². The molecule has 2 aromatic rings. The first-order chi connectivity index (χ1) is 11.8. The van der Waals surface area contributed by atoms with Crippen molar-refractivity contribution in [2.24, 2.45) is 0 Å². The van der Waals surface area contributed by atoms with Gasteiger partial charge in [-0.25, -0.2) is 8.42 Å². The van der Waals surface area contributed by atoms with Gasteiger partial charge in [0.25, 0.3) is 0 Å². The number of nitrogens with zero attached hydrogens (tertiary/aromatic N) is 2. The fourth-order valence-corrected chi connectivity index (χ4v) is 5.33. The maximum Gasteiger partial charge on any atom is 0.244 e. The molecule has 1 fully saturated rings. The zero-order valence-corrected chi connectivity index (χ0v) is 16.4. The SMILES string of the molecule is Cc1ccc(N2CCN(S(=O)(=O)c3cc(Cl)ccc3Cl)CC2C)cc1. The standard InChI is InChI=1S/C18H20Cl2N2O2S/c1-13-3-6-16(7-4-13)22-10-9-21(12-14(22)2)25(23,24)18-11-15(19)5-8-17(18)20/h3-8,11,14H,9-10,12H2,1-2H3. The second-order valence-electron chi connectivity index (χ2n) is 6.32. The van der Waals surface area contributed by atoms with E-state index in [2.05, 4.69) is 29.2 Å². The molecule has 1 aliphatic rings. The molecule has 25 heavy (non-hydrogen) atoms. The van der Waals surface area contributed by atoms with Crippen molar-refractivity contribution in [1.82, 2.24) is 4.31 Å². The molecule has 1 atom stereocenters. The zero-order valence-electron chi connectivity index (χ0n) is 14.1. The molecule has 2 aromatic carbocycles. The van der Waals surface area contributed by atoms with Crippen LogP contribution < -0.4 is 4.90 Å². The van der Waals surface area contributed by atoms with Crippen molar-refractivity contribution < 1.29 is 8.42 Å². The molecule has 1 heterocycles. The number of hydrogen-bond donors (Lipinski definition) is 0. The number of piperazine rings is 1. The number of sulfonamides is 1. The molecule has 1 saturated heterocycles. The van der Waals surface area contributed by atoms with Crippen LogP contribution in [0.2, 0.25) is 10.0 Å². The third-order valence-corrected chi connectivity index (χ3v) is 7.05. The molecule has 0 aromatic heterocycles. The van der Waals surface area contributed by atoms with Gasteiger partial charge in [-0.1, -0.05) is 40.9 Å². The summed E-state index contributed by atoms with van der Waals surface area (Å²) in [6.07, 6.45) is 0. The maximum absolute atomic E-state index is 13.0. The highest BCUT2D eigenvalue weighted by Crippen LogP contribution is 2.30. The predicted molar refractivity (Wildman–Crippen MR) is 103 cm³/mol. The van der Waals surface area contributed by atoms with E-state index in [1.165, 1.54) is 22.0 Å². The van der Waals surface area contributed by atoms with Crippen LogP contribution in [-0.2, 0) is 10.0 Å². The zero-order chi connectivity index (χ0) is 18.2. The van der Waals surface area contributed by atoms with E-state index in [1.54, 1.807) is 6.07 Å². The van der Waals surface area contributed by atoms with E-state index in [1.807, 2.05) is 13.8 Å². The first-order valence-electron chi connectivity index (χ1n) is 8.07. The van der Waals surface area contributed by atoms with E-state index >= 15 is 0 Å². The van der Waals surface area contributed by atoms with Crippen molar-refractivity contribution in [3.05, 3.63) is 58.1 Å². The molecule has 4 nitrogen and oxygen atoms in total. The van der Waals surface area contributed by atoms with Crippen LogP contribution in [0.1, 0.15) is 12.5 Å². The Morgan fingerprint density at radius 2 is 1.72 bits per heavy atom. The highest BCUT2D eigenvalue weighted by atomic mass is 35.5. The number of halogens is 2. The van der Waals surface area contributed by atoms with Crippen LogP contribution in [0, 0.1) is 6.92 Å². The van der Waals surface area contributed by atoms with Gasteiger partial charge >= 0.3 is 0 Å². The van der Waals surface area contributed by atoms with Crippen molar-refractivity contribution in [2.45, 2.75) is 24.8 Å². The Kier molecular flexibility index (Phi) is 5.30. The second kappa shape index (κ2) is 7.16. The van der Waals surface area contributed by atoms with Crippen molar-refractivity contribution >= 4 is 38.9 Å². The summed E-state index contributed by atoms with van der Waals surface area (Å²) in [5.41, 5.74) is 2.31. The normalized spacial score (nSPS) is 19.2. The highest BCUT2D eigenvalue weighted by molar-refractivity contribution is 7.89. The minimum atomic E-state index is -3.67. The molecule has 1 unspecified atom stereocenters. The number of aryl methyl sites for hydroxylation is 1. The molecule has 0 aliphatic carbocycles. The summed E-state index contributed by atoms with van der Waals surface area (Å²) in [6, 6.07) is 12.9. The second-order valence-corrected chi connectivity index (χ2v) is 9.07. The molecule has 0 N–H and O–H groups in total. The monoisotopic (exact) mass is 398 g/mol. The van der Waals surface area contributed by atoms with Crippen LogP contribution in [-0.4, -0.2) is 38.4 Å². The summed E-state index contributed by atoms with van der Waals surface area (Å²) >= 11 is 12.1. The van der Waals surface area contributed by atoms with Gasteiger partial charge in [-0.15, -0.1) is 0 Å². The van der Waals surface area contributed by atoms with Gasteiger partial charge in [0.05, 0.1) is 5.02 Å². The smallest absolute Gasteiger partial charge is 0.244 e. The molecule has 0 saturated carbocycles. The number of anilines is 1. The van der Waals surface area contributed by atoms with Crippen molar-refractivity contribution in [3.8, 4) is 0 Å². The Morgan fingerprint density at radius 3 is 2.36 bits per heavy atom. The average molecular weight is 399 g/mol. The van der Waals surface area contributed by atoms with Gasteiger partial charge in [-0.2, -0.15) is 4.31 Å². The van der Waals surface area contributed by atoms with Gasteiger partial charge in [0.15, 0.2) is 0 Å². The topological polar surface area (TPSA) is 40.6 Å². The lowest BCUT2D eigenvalue weighted by Crippen LogP contribution is -2.53. The fraction of sp³-hybridized carbons (Fsp3) is 0.333. The molecule has 0 amide bonds. The molecule has 0 bridgehead atoms. The minimum Gasteiger partial charge on any atom is -0.366 e. The van der Waals surface area contributed by atoms with Crippen molar-refractivity contribution in [2.75, 3.05) is 24.5 Å². The van der Waals surface area contributed by atoms with E-state index in [9.17, 15) is 8.42 Å². The molecular weight excluding hydrogens is 379 g/mol. The molecular formula is C18H20Cl2N2O2S. The van der Waals surface area contributed by atoms with Crippen molar-refractivity contribution in [3.63, 3.8) is 0 Å². The number of hydrogen-bond acceptors (Lipinski definition) is 3. The van der Waals surface area contributed by atoms with E-state index in [0.717, 1.165) is 5.69 Å². The molecule has 7 heteroatoms. The van der Waals surface area contributed by atoms with Crippen LogP contribution in [0.5, 0.6) is 0 Å². The van der Waals surface area contributed by atoms with E-state index in [0.29, 0.717) is 24.7 Å². The third kappa shape index (κ3) is 3.80. The van der Waals surface area contributed by atoms with E-state index in [4.69, 9.17) is 23.2 Å². The van der Waals surface area contributed by atoms with Crippen LogP contribution in [0.25, 0.3) is 0 Å². The Hall–Kier alpha value is -1.27. The van der Waals surface area contributed by atoms with E-state index in [-0.39, 0.29) is 16.0 Å². The van der Waals surface area contributed by atoms with Gasteiger partial charge < -0.3 is 4.90 Å². The lowest BCUT2D eigenvalue weighted by Gasteiger charge is -2.40. The highest BCUT2D eigenvalue weighted by Gasteiger charge is 2.33. The van der Waals surface area contributed by atoms with Gasteiger partial charge in [-0.3, -0.25) is 0 Å². The maximum atomic E-state index is 13.0. The summed E-state index contributed by atoms with van der Waals surface area (Å²) in [6.45, 7) is 5.51. The van der Waals surface area contributed by atoms with Gasteiger partial charge in [-0.05, 0) is 44.2 Å². The van der Waals surface area contributed by atoms with Gasteiger partial charge in [0.2, 0.25) is 10.0 Å². The lowest BCUT2D eigenvalue weighted by molar-refractivity contribution is 0.342. The number of benzene rings is 2. The Bertz CT molecular complexity index is 869. The fourth-order valence-electron chi connectivity index (χ4n) is 3.08. The first kappa shape index (κ1) is 18.5.